The predicted molar refractivity (Wildman–Crippen MR) is 114 cm³/mol. The molecule has 0 aliphatic heterocycles. The number of allylic oxidation sites excluding steroid dienone is 1. The molecule has 7 heteroatoms. The van der Waals surface area contributed by atoms with Crippen molar-refractivity contribution in [3.05, 3.63) is 11.6 Å². The van der Waals surface area contributed by atoms with Gasteiger partial charge in [-0.1, -0.05) is 37.9 Å². The van der Waals surface area contributed by atoms with E-state index in [1.807, 2.05) is 6.92 Å². The van der Waals surface area contributed by atoms with E-state index in [0.717, 1.165) is 5.57 Å². The molecular formula is C24H34ClFO5. The largest absolute Gasteiger partial charge is 0.390 e. The standard InChI is InChI=1S/C24H34ClFO5/c1-5-31-20(25)19(29)24(30)13(2)10-17-16-7-6-14-11-15(27)8-9-21(14,3)23(16,26)18(28)12-22(17,24)4/h11,13,16-18,20,28,30H,5-10,12H2,1-4H3/t13-,16-,17-,18-,20?,21-,22-,23-,24-/m0/s1. The molecule has 3 fully saturated rings. The van der Waals surface area contributed by atoms with Crippen molar-refractivity contribution in [3.63, 3.8) is 0 Å². The normalized spacial score (nSPS) is 50.2. The van der Waals surface area contributed by atoms with Gasteiger partial charge in [0.15, 0.2) is 11.3 Å². The molecule has 0 bridgehead atoms. The van der Waals surface area contributed by atoms with Crippen molar-refractivity contribution in [2.75, 3.05) is 6.61 Å². The Morgan fingerprint density at radius 2 is 2.03 bits per heavy atom. The molecule has 4 aliphatic carbocycles. The molecule has 0 heterocycles. The van der Waals surface area contributed by atoms with Crippen LogP contribution in [0.3, 0.4) is 0 Å². The lowest BCUT2D eigenvalue weighted by molar-refractivity contribution is -0.229. The molecular weight excluding hydrogens is 423 g/mol. The number of ether oxygens (including phenoxy) is 1. The molecule has 0 aromatic rings. The first-order chi connectivity index (χ1) is 14.4. The summed E-state index contributed by atoms with van der Waals surface area (Å²) in [6.45, 7) is 7.40. The van der Waals surface area contributed by atoms with Crippen LogP contribution in [-0.4, -0.2) is 51.3 Å². The van der Waals surface area contributed by atoms with Crippen LogP contribution >= 0.6 is 11.6 Å². The van der Waals surface area contributed by atoms with Crippen molar-refractivity contribution in [1.82, 2.24) is 0 Å². The van der Waals surface area contributed by atoms with E-state index in [9.17, 15) is 19.8 Å². The number of ketones is 2. The van der Waals surface area contributed by atoms with E-state index in [4.69, 9.17) is 16.3 Å². The number of alkyl halides is 2. The van der Waals surface area contributed by atoms with Gasteiger partial charge in [0, 0.05) is 29.8 Å². The fourth-order valence-electron chi connectivity index (χ4n) is 7.83. The highest BCUT2D eigenvalue weighted by molar-refractivity contribution is 6.31. The number of rotatable bonds is 4. The van der Waals surface area contributed by atoms with Crippen LogP contribution in [0, 0.1) is 28.6 Å². The zero-order valence-corrected chi connectivity index (χ0v) is 19.5. The molecule has 1 unspecified atom stereocenters. The molecule has 0 aromatic heterocycles. The van der Waals surface area contributed by atoms with Crippen LogP contribution < -0.4 is 0 Å². The molecule has 0 radical (unpaired) electrons. The van der Waals surface area contributed by atoms with Gasteiger partial charge in [0.05, 0.1) is 6.10 Å². The third-order valence-electron chi connectivity index (χ3n) is 9.52. The van der Waals surface area contributed by atoms with Crippen LogP contribution in [0.5, 0.6) is 0 Å². The van der Waals surface area contributed by atoms with Gasteiger partial charge in [0.2, 0.25) is 5.78 Å². The van der Waals surface area contributed by atoms with E-state index in [0.29, 0.717) is 25.7 Å². The van der Waals surface area contributed by atoms with Crippen molar-refractivity contribution in [2.24, 2.45) is 28.6 Å². The summed E-state index contributed by atoms with van der Waals surface area (Å²) in [5.74, 6) is -1.82. The Balaban J connectivity index is 1.78. The van der Waals surface area contributed by atoms with Crippen LogP contribution in [0.4, 0.5) is 4.39 Å². The van der Waals surface area contributed by atoms with Crippen molar-refractivity contribution in [1.29, 1.82) is 0 Å². The summed E-state index contributed by atoms with van der Waals surface area (Å²) in [6.07, 6.45) is 2.39. The smallest absolute Gasteiger partial charge is 0.209 e. The van der Waals surface area contributed by atoms with Gasteiger partial charge in [-0.15, -0.1) is 0 Å². The summed E-state index contributed by atoms with van der Waals surface area (Å²) < 4.78 is 22.4. The van der Waals surface area contributed by atoms with Gasteiger partial charge < -0.3 is 14.9 Å². The van der Waals surface area contributed by atoms with Crippen molar-refractivity contribution in [3.8, 4) is 0 Å². The molecule has 9 atom stereocenters. The van der Waals surface area contributed by atoms with Gasteiger partial charge in [0.1, 0.15) is 11.3 Å². The minimum atomic E-state index is -1.91. The van der Waals surface area contributed by atoms with E-state index in [1.54, 1.807) is 26.8 Å². The monoisotopic (exact) mass is 456 g/mol. The third kappa shape index (κ3) is 2.77. The summed E-state index contributed by atoms with van der Waals surface area (Å²) in [6, 6.07) is 0. The zero-order valence-electron chi connectivity index (χ0n) is 18.8. The molecule has 174 valence electrons. The summed E-state index contributed by atoms with van der Waals surface area (Å²) in [5.41, 5.74) is -6.14. The van der Waals surface area contributed by atoms with Gasteiger partial charge in [-0.3, -0.25) is 9.59 Å². The van der Waals surface area contributed by atoms with E-state index in [2.05, 4.69) is 0 Å². The lowest BCUT2D eigenvalue weighted by Crippen LogP contribution is -2.70. The van der Waals surface area contributed by atoms with Gasteiger partial charge in [0.25, 0.3) is 0 Å². The number of aliphatic hydroxyl groups excluding tert-OH is 1. The number of carbonyl (C=O) groups excluding carboxylic acids is 2. The molecule has 31 heavy (non-hydrogen) atoms. The minimum absolute atomic E-state index is 0.0169. The van der Waals surface area contributed by atoms with Crippen molar-refractivity contribution < 1.29 is 28.9 Å². The third-order valence-corrected chi connectivity index (χ3v) is 9.84. The summed E-state index contributed by atoms with van der Waals surface area (Å²) >= 11 is 6.18. The van der Waals surface area contributed by atoms with Gasteiger partial charge in [-0.05, 0) is 56.9 Å². The maximum absolute atomic E-state index is 17.1. The molecule has 0 spiro atoms. The average Bonchev–Trinajstić information content (AvgIpc) is 2.91. The molecule has 0 saturated heterocycles. The molecule has 4 aliphatic rings. The van der Waals surface area contributed by atoms with E-state index < -0.39 is 51.4 Å². The van der Waals surface area contributed by atoms with Crippen LogP contribution in [0.25, 0.3) is 0 Å². The summed E-state index contributed by atoms with van der Waals surface area (Å²) in [7, 11) is 0. The molecule has 4 rings (SSSR count). The molecule has 5 nitrogen and oxygen atoms in total. The second kappa shape index (κ2) is 7.34. The number of halogens is 2. The second-order valence-electron chi connectivity index (χ2n) is 10.7. The fraction of sp³-hybridized carbons (Fsp3) is 0.833. The first-order valence-electron chi connectivity index (χ1n) is 11.5. The van der Waals surface area contributed by atoms with Crippen LogP contribution in [-0.2, 0) is 14.3 Å². The number of Topliss-reactive ketones (excluding diaryl/α,β-unsaturated/α-hetero) is 1. The zero-order chi connectivity index (χ0) is 23.0. The Labute approximate surface area is 188 Å². The molecule has 3 saturated carbocycles. The first-order valence-corrected chi connectivity index (χ1v) is 11.9. The summed E-state index contributed by atoms with van der Waals surface area (Å²) in [5, 5.41) is 23.1. The molecule has 0 aromatic carbocycles. The Morgan fingerprint density at radius 3 is 2.68 bits per heavy atom. The Bertz CT molecular complexity index is 831. The quantitative estimate of drug-likeness (QED) is 0.630. The molecule has 2 N–H and O–H groups in total. The number of fused-ring (bicyclic) bond motifs is 5. The lowest BCUT2D eigenvalue weighted by Gasteiger charge is -2.63. The Kier molecular flexibility index (Phi) is 5.53. The van der Waals surface area contributed by atoms with Crippen LogP contribution in [0.2, 0.25) is 0 Å². The van der Waals surface area contributed by atoms with Crippen molar-refractivity contribution in [2.45, 2.75) is 89.2 Å². The van der Waals surface area contributed by atoms with E-state index in [1.165, 1.54) is 0 Å². The topological polar surface area (TPSA) is 83.8 Å². The lowest BCUT2D eigenvalue weighted by atomic mass is 9.44. The molecule has 0 amide bonds. The highest BCUT2D eigenvalue weighted by atomic mass is 35.5. The SMILES string of the molecule is CCOC(Cl)C(=O)[C@@]1(O)[C@@H](C)C[C@H]2[C@@H]3CCC4=CC(=O)CC[C@]4(C)[C@@]3(F)[C@@H](O)C[C@@]21C. The van der Waals surface area contributed by atoms with Gasteiger partial charge in [-0.2, -0.15) is 0 Å². The maximum Gasteiger partial charge on any atom is 0.209 e. The Morgan fingerprint density at radius 1 is 1.35 bits per heavy atom. The minimum Gasteiger partial charge on any atom is -0.390 e. The fourth-order valence-corrected chi connectivity index (χ4v) is 8.12. The van der Waals surface area contributed by atoms with Gasteiger partial charge >= 0.3 is 0 Å². The average molecular weight is 457 g/mol. The number of aliphatic hydroxyl groups is 2. The summed E-state index contributed by atoms with van der Waals surface area (Å²) in [4.78, 5) is 25.3. The number of hydrogen-bond donors (Lipinski definition) is 2. The predicted octanol–water partition coefficient (Wildman–Crippen LogP) is 3.73. The second-order valence-corrected chi connectivity index (χ2v) is 11.1. The highest BCUT2D eigenvalue weighted by Gasteiger charge is 2.76. The van der Waals surface area contributed by atoms with Crippen LogP contribution in [0.15, 0.2) is 11.6 Å². The number of carbonyl (C=O) groups is 2. The van der Waals surface area contributed by atoms with Crippen LogP contribution in [0.1, 0.15) is 66.2 Å². The Hall–Kier alpha value is -0.820. The highest BCUT2D eigenvalue weighted by Crippen LogP contribution is 2.71. The van der Waals surface area contributed by atoms with E-state index in [-0.39, 0.29) is 31.1 Å². The van der Waals surface area contributed by atoms with E-state index >= 15 is 4.39 Å². The van der Waals surface area contributed by atoms with Crippen molar-refractivity contribution >= 4 is 23.2 Å². The van der Waals surface area contributed by atoms with Gasteiger partial charge in [-0.25, -0.2) is 4.39 Å². The number of hydrogen-bond acceptors (Lipinski definition) is 5. The first kappa shape index (κ1) is 23.3. The maximum atomic E-state index is 17.1.